The van der Waals surface area contributed by atoms with Gasteiger partial charge < -0.3 is 10.1 Å². The molecule has 1 N–H and O–H groups in total. The highest BCUT2D eigenvalue weighted by Crippen LogP contribution is 2.32. The number of ether oxygens (including phenoxy) is 1. The van der Waals surface area contributed by atoms with Gasteiger partial charge in [0.2, 0.25) is 0 Å². The van der Waals surface area contributed by atoms with Crippen LogP contribution in [0.25, 0.3) is 11.1 Å². The first-order valence-corrected chi connectivity index (χ1v) is 10.9. The van der Waals surface area contributed by atoms with Gasteiger partial charge in [-0.1, -0.05) is 49.4 Å². The van der Waals surface area contributed by atoms with Gasteiger partial charge in [-0.2, -0.15) is 0 Å². The molecule has 2 aliphatic carbocycles. The van der Waals surface area contributed by atoms with Gasteiger partial charge in [-0.3, -0.25) is 0 Å². The number of hydrogen-bond acceptors (Lipinski definition) is 2. The molecule has 0 aliphatic heterocycles. The Labute approximate surface area is 184 Å². The summed E-state index contributed by atoms with van der Waals surface area (Å²) in [7, 11) is 0. The third kappa shape index (κ3) is 6.46. The molecule has 2 aromatic rings. The molecule has 2 aromatic carbocycles. The largest absolute Gasteiger partial charge is 0.372 e. The predicted octanol–water partition coefficient (Wildman–Crippen LogP) is 6.55. The van der Waals surface area contributed by atoms with E-state index >= 15 is 0 Å². The van der Waals surface area contributed by atoms with E-state index in [4.69, 9.17) is 4.74 Å². The fraction of sp³-hybridized carbons (Fsp3) is 0.333. The fourth-order valence-electron chi connectivity index (χ4n) is 3.78. The zero-order valence-electron chi connectivity index (χ0n) is 18.6. The quantitative estimate of drug-likeness (QED) is 0.308. The molecule has 164 valence electrons. The van der Waals surface area contributed by atoms with Crippen LogP contribution in [0.15, 0.2) is 60.7 Å². The molecule has 0 heterocycles. The molecule has 2 nitrogen and oxygen atoms in total. The van der Waals surface area contributed by atoms with Crippen molar-refractivity contribution in [1.29, 1.82) is 0 Å². The summed E-state index contributed by atoms with van der Waals surface area (Å²) in [5, 5.41) is 3.33. The van der Waals surface area contributed by atoms with Crippen LogP contribution in [0.2, 0.25) is 0 Å². The van der Waals surface area contributed by atoms with Crippen molar-refractivity contribution >= 4 is 0 Å². The van der Waals surface area contributed by atoms with Crippen LogP contribution >= 0.6 is 0 Å². The average molecular weight is 424 g/mol. The number of hydrogen-bond donors (Lipinski definition) is 1. The molecule has 4 heteroatoms. The first-order chi connectivity index (χ1) is 15.0. The number of fused-ring (bicyclic) bond motifs is 1. The third-order valence-electron chi connectivity index (χ3n) is 5.51. The molecule has 1 unspecified atom stereocenters. The standard InChI is InChI=1S/C21H27F2NO.C6H4/c1-4-24-14-20(21-15(2)8-5-9-16(21)3)25-13-7-10-17-18(22)11-6-12-19(17)23;1-2-5-4-6(5)3-1/h5-6,8-9,11-12,20,24H,4,7,10,13-14H2,1-3H3;1-4H. The summed E-state index contributed by atoms with van der Waals surface area (Å²) in [5.74, 6) is -0.974. The summed E-state index contributed by atoms with van der Waals surface area (Å²) < 4.78 is 33.5. The van der Waals surface area contributed by atoms with E-state index in [1.54, 1.807) is 0 Å². The van der Waals surface area contributed by atoms with Crippen molar-refractivity contribution in [2.24, 2.45) is 0 Å². The normalized spacial score (nSPS) is 12.2. The van der Waals surface area contributed by atoms with Crippen molar-refractivity contribution in [3.05, 3.63) is 94.6 Å². The number of nitrogens with one attached hydrogen (secondary N) is 1. The molecule has 0 bridgehead atoms. The summed E-state index contributed by atoms with van der Waals surface area (Å²) in [6.07, 6.45) is 0.844. The molecule has 31 heavy (non-hydrogen) atoms. The second-order valence-electron chi connectivity index (χ2n) is 7.86. The van der Waals surface area contributed by atoms with E-state index in [2.05, 4.69) is 62.5 Å². The lowest BCUT2D eigenvalue weighted by Gasteiger charge is -2.22. The molecule has 2 aliphatic rings. The molecule has 4 rings (SSSR count). The van der Waals surface area contributed by atoms with Crippen LogP contribution in [-0.2, 0) is 11.2 Å². The summed E-state index contributed by atoms with van der Waals surface area (Å²) in [5.41, 5.74) is 6.58. The zero-order valence-corrected chi connectivity index (χ0v) is 18.6. The van der Waals surface area contributed by atoms with Crippen LogP contribution in [-0.4, -0.2) is 19.7 Å². The highest BCUT2D eigenvalue weighted by atomic mass is 19.1. The summed E-state index contributed by atoms with van der Waals surface area (Å²) in [4.78, 5) is 0. The maximum absolute atomic E-state index is 13.7. The van der Waals surface area contributed by atoms with Gasteiger partial charge in [0.1, 0.15) is 11.6 Å². The van der Waals surface area contributed by atoms with Crippen molar-refractivity contribution < 1.29 is 13.5 Å². The Morgan fingerprint density at radius 1 is 0.871 bits per heavy atom. The molecule has 0 fully saturated rings. The van der Waals surface area contributed by atoms with Crippen molar-refractivity contribution in [1.82, 2.24) is 5.32 Å². The highest BCUT2D eigenvalue weighted by molar-refractivity contribution is 5.80. The van der Waals surface area contributed by atoms with Crippen LogP contribution < -0.4 is 5.32 Å². The van der Waals surface area contributed by atoms with Gasteiger partial charge in [0, 0.05) is 18.7 Å². The monoisotopic (exact) mass is 423 g/mol. The van der Waals surface area contributed by atoms with Crippen LogP contribution in [0.5, 0.6) is 0 Å². The number of halogens is 2. The summed E-state index contributed by atoms with van der Waals surface area (Å²) in [6, 6.07) is 18.7. The second-order valence-corrected chi connectivity index (χ2v) is 7.86. The Hall–Kier alpha value is -2.56. The first-order valence-electron chi connectivity index (χ1n) is 10.9. The predicted molar refractivity (Wildman–Crippen MR) is 123 cm³/mol. The number of likely N-dealkylation sites (N-methyl/N-ethyl adjacent to an activating group) is 1. The van der Waals surface area contributed by atoms with E-state index < -0.39 is 11.6 Å². The Kier molecular flexibility index (Phi) is 8.33. The molecule has 0 spiro atoms. The number of benzene rings is 3. The van der Waals surface area contributed by atoms with E-state index in [1.165, 1.54) is 46.0 Å². The Morgan fingerprint density at radius 3 is 1.97 bits per heavy atom. The lowest BCUT2D eigenvalue weighted by molar-refractivity contribution is 0.0504. The Balaban J connectivity index is 0.000000381. The molecule has 1 atom stereocenters. The minimum Gasteiger partial charge on any atom is -0.372 e. The van der Waals surface area contributed by atoms with Crippen molar-refractivity contribution in [2.45, 2.75) is 39.7 Å². The van der Waals surface area contributed by atoms with E-state index in [0.29, 0.717) is 19.4 Å². The van der Waals surface area contributed by atoms with Gasteiger partial charge in [-0.05, 0) is 79.3 Å². The van der Waals surface area contributed by atoms with Gasteiger partial charge in [0.15, 0.2) is 0 Å². The third-order valence-corrected chi connectivity index (χ3v) is 5.51. The van der Waals surface area contributed by atoms with Gasteiger partial charge >= 0.3 is 0 Å². The van der Waals surface area contributed by atoms with Crippen molar-refractivity contribution in [3.8, 4) is 11.1 Å². The van der Waals surface area contributed by atoms with Gasteiger partial charge in [-0.15, -0.1) is 0 Å². The molecular weight excluding hydrogens is 392 g/mol. The maximum Gasteiger partial charge on any atom is 0.129 e. The average Bonchev–Trinajstić information content (AvgIpc) is 3.35. The molecule has 0 amide bonds. The van der Waals surface area contributed by atoms with Crippen LogP contribution in [0, 0.1) is 25.5 Å². The van der Waals surface area contributed by atoms with E-state index in [9.17, 15) is 8.78 Å². The van der Waals surface area contributed by atoms with E-state index in [-0.39, 0.29) is 11.7 Å². The highest BCUT2D eigenvalue weighted by Gasteiger charge is 2.17. The Bertz CT molecular complexity index is 945. The minimum atomic E-state index is -0.487. The smallest absolute Gasteiger partial charge is 0.129 e. The molecular formula is C27H31F2NO. The summed E-state index contributed by atoms with van der Waals surface area (Å²) in [6.45, 7) is 8.26. The molecule has 0 aromatic heterocycles. The van der Waals surface area contributed by atoms with Gasteiger partial charge in [0.25, 0.3) is 0 Å². The lowest BCUT2D eigenvalue weighted by atomic mass is 9.97. The molecule has 0 radical (unpaired) electrons. The maximum atomic E-state index is 13.7. The van der Waals surface area contributed by atoms with Crippen LogP contribution in [0.3, 0.4) is 0 Å². The topological polar surface area (TPSA) is 21.3 Å². The number of aryl methyl sites for hydroxylation is 2. The second kappa shape index (κ2) is 11.2. The van der Waals surface area contributed by atoms with Crippen molar-refractivity contribution in [3.63, 3.8) is 0 Å². The summed E-state index contributed by atoms with van der Waals surface area (Å²) >= 11 is 0. The lowest BCUT2D eigenvalue weighted by Crippen LogP contribution is -2.24. The number of rotatable bonds is 9. The minimum absolute atomic E-state index is 0.0633. The first kappa shape index (κ1) is 23.1. The zero-order chi connectivity index (χ0) is 22.2. The van der Waals surface area contributed by atoms with E-state index in [0.717, 1.165) is 13.1 Å². The van der Waals surface area contributed by atoms with Gasteiger partial charge in [0.05, 0.1) is 6.10 Å². The Morgan fingerprint density at radius 2 is 1.45 bits per heavy atom. The fourth-order valence-corrected chi connectivity index (χ4v) is 3.78. The molecule has 0 saturated carbocycles. The van der Waals surface area contributed by atoms with Crippen molar-refractivity contribution in [2.75, 3.05) is 19.7 Å². The molecule has 0 saturated heterocycles. The van der Waals surface area contributed by atoms with Crippen LogP contribution in [0.4, 0.5) is 8.78 Å². The SMILES string of the molecule is CCNCC(OCCCc1c(F)cccc1F)c1c(C)cccc1C.c1cc2cc-2c1. The van der Waals surface area contributed by atoms with Gasteiger partial charge in [-0.25, -0.2) is 8.78 Å². The van der Waals surface area contributed by atoms with Crippen LogP contribution in [0.1, 0.15) is 41.7 Å². The van der Waals surface area contributed by atoms with E-state index in [1.807, 2.05) is 6.07 Å².